The zero-order chi connectivity index (χ0) is 63.1. The SMILES string of the molecule is CC(C)(C)c1cc(C2=CC(=c3ccc(=C4C=C(c5cc(C(C)(C)C)cc(C(C)(C)C)c5)N(c5ccccc5)C(c5cc(C(C)(C)C)cc(C(C)(C)C)c5)=C4)cc3)C=C(c3cc(C(C)(C)C)cc(C(C)(C)C)c3)N2c2ccccc2)cc(C(C)(C)C)c1. The molecule has 9 rings (SSSR count). The first kappa shape index (κ1) is 63.3. The quantitative estimate of drug-likeness (QED) is 0.164. The summed E-state index contributed by atoms with van der Waals surface area (Å²) in [7, 11) is 0. The average molecular weight is 1140 g/mol. The van der Waals surface area contributed by atoms with Crippen molar-refractivity contribution >= 4 is 45.3 Å². The van der Waals surface area contributed by atoms with Gasteiger partial charge in [0, 0.05) is 11.4 Å². The Balaban J connectivity index is 1.41. The molecule has 2 heterocycles. The number of allylic oxidation sites excluding steroid dienone is 4. The lowest BCUT2D eigenvalue weighted by atomic mass is 9.78. The minimum Gasteiger partial charge on any atom is -0.309 e. The topological polar surface area (TPSA) is 6.48 Å². The van der Waals surface area contributed by atoms with Crippen LogP contribution in [0.4, 0.5) is 11.4 Å². The Morgan fingerprint density at radius 1 is 0.209 bits per heavy atom. The highest BCUT2D eigenvalue weighted by Gasteiger charge is 2.33. The molecule has 448 valence electrons. The summed E-state index contributed by atoms with van der Waals surface area (Å²) < 4.78 is 0. The Hall–Kier alpha value is -7.16. The molecule has 0 radical (unpaired) electrons. The Bertz CT molecular complexity index is 3350. The van der Waals surface area contributed by atoms with Gasteiger partial charge in [0.05, 0.1) is 22.8 Å². The van der Waals surface area contributed by atoms with E-state index in [1.54, 1.807) is 0 Å². The predicted octanol–water partition coefficient (Wildman–Crippen LogP) is 21.6. The predicted molar refractivity (Wildman–Crippen MR) is 378 cm³/mol. The van der Waals surface area contributed by atoms with Crippen LogP contribution in [-0.4, -0.2) is 0 Å². The monoisotopic (exact) mass is 1140 g/mol. The molecule has 0 unspecified atom stereocenters. The van der Waals surface area contributed by atoms with Crippen LogP contribution in [0.25, 0.3) is 33.9 Å². The number of hydrogen-bond donors (Lipinski definition) is 0. The lowest BCUT2D eigenvalue weighted by Gasteiger charge is -2.36. The van der Waals surface area contributed by atoms with Gasteiger partial charge in [-0.2, -0.15) is 0 Å². The highest BCUT2D eigenvalue weighted by atomic mass is 15.2. The van der Waals surface area contributed by atoms with Crippen LogP contribution in [0, 0.1) is 0 Å². The molecule has 0 aliphatic carbocycles. The van der Waals surface area contributed by atoms with Gasteiger partial charge in [0.25, 0.3) is 0 Å². The van der Waals surface area contributed by atoms with Crippen LogP contribution in [0.3, 0.4) is 0 Å². The van der Waals surface area contributed by atoms with Crippen molar-refractivity contribution in [3.63, 3.8) is 0 Å². The summed E-state index contributed by atoms with van der Waals surface area (Å²) in [6.07, 6.45) is 9.85. The summed E-state index contributed by atoms with van der Waals surface area (Å²) in [5, 5.41) is 2.33. The van der Waals surface area contributed by atoms with E-state index in [2.05, 4.69) is 358 Å². The molecule has 0 aromatic heterocycles. The third-order valence-electron chi connectivity index (χ3n) is 17.6. The maximum absolute atomic E-state index is 2.54. The summed E-state index contributed by atoms with van der Waals surface area (Å²) in [6, 6.07) is 61.0. The van der Waals surface area contributed by atoms with Crippen LogP contribution >= 0.6 is 0 Å². The molecule has 2 aliphatic rings. The van der Waals surface area contributed by atoms with E-state index in [9.17, 15) is 0 Å². The minimum absolute atomic E-state index is 0.0708. The largest absolute Gasteiger partial charge is 0.309 e. The van der Waals surface area contributed by atoms with Gasteiger partial charge in [-0.25, -0.2) is 0 Å². The van der Waals surface area contributed by atoms with Gasteiger partial charge in [-0.05, 0) is 229 Å². The molecule has 0 atom stereocenters. The van der Waals surface area contributed by atoms with Gasteiger partial charge < -0.3 is 9.80 Å². The molecule has 2 aliphatic heterocycles. The molecule has 7 aromatic rings. The minimum atomic E-state index is -0.0708. The standard InChI is InChI=1S/C84H102N2/c1-77(2,3)63-39-59(40-64(51-63)78(4,5)6)73-47-57(48-74(85(73)71-31-27-25-28-32-71)60-41-65(79(7,8)9)52-66(42-60)80(10,11)12)55-35-37-56(38-36-55)58-49-75(61-43-67(81(13,14)15)53-68(44-61)82(16,17)18)86(72-33-29-26-30-34-72)76(50-58)62-45-69(83(19,20)21)54-70(46-62)84(22,23)24/h25-54H,1-24H3. The van der Waals surface area contributed by atoms with Crippen molar-refractivity contribution in [2.45, 2.75) is 209 Å². The molecule has 0 fully saturated rings. The van der Waals surface area contributed by atoms with Crippen LogP contribution in [-0.2, 0) is 43.3 Å². The van der Waals surface area contributed by atoms with Crippen molar-refractivity contribution in [3.8, 4) is 0 Å². The first-order valence-corrected chi connectivity index (χ1v) is 31.7. The smallest absolute Gasteiger partial charge is 0.0540 e. The number of rotatable bonds is 6. The Morgan fingerprint density at radius 2 is 0.384 bits per heavy atom. The van der Waals surface area contributed by atoms with Gasteiger partial charge in [-0.1, -0.05) is 251 Å². The first-order chi connectivity index (χ1) is 39.6. The van der Waals surface area contributed by atoms with E-state index in [-0.39, 0.29) is 43.3 Å². The highest BCUT2D eigenvalue weighted by molar-refractivity contribution is 6.07. The van der Waals surface area contributed by atoms with Crippen LogP contribution in [0.5, 0.6) is 0 Å². The van der Waals surface area contributed by atoms with E-state index in [1.165, 1.54) is 88.3 Å². The van der Waals surface area contributed by atoms with Gasteiger partial charge in [0.1, 0.15) is 0 Å². The summed E-state index contributed by atoms with van der Waals surface area (Å²) in [5.74, 6) is 0. The van der Waals surface area contributed by atoms with Gasteiger partial charge in [0.15, 0.2) is 0 Å². The molecule has 0 saturated heterocycles. The normalized spacial score (nSPS) is 15.2. The van der Waals surface area contributed by atoms with Crippen molar-refractivity contribution in [1.82, 2.24) is 0 Å². The molecule has 0 bridgehead atoms. The van der Waals surface area contributed by atoms with Gasteiger partial charge in [-0.3, -0.25) is 0 Å². The van der Waals surface area contributed by atoms with Gasteiger partial charge >= 0.3 is 0 Å². The van der Waals surface area contributed by atoms with Crippen LogP contribution in [0.2, 0.25) is 0 Å². The van der Waals surface area contributed by atoms with Crippen molar-refractivity contribution in [3.05, 3.63) is 259 Å². The molecule has 86 heavy (non-hydrogen) atoms. The van der Waals surface area contributed by atoms with E-state index >= 15 is 0 Å². The second kappa shape index (κ2) is 22.5. The van der Waals surface area contributed by atoms with Gasteiger partial charge in [-0.15, -0.1) is 0 Å². The van der Waals surface area contributed by atoms with Crippen molar-refractivity contribution < 1.29 is 0 Å². The maximum atomic E-state index is 2.54. The zero-order valence-electron chi connectivity index (χ0n) is 57.2. The number of nitrogens with zero attached hydrogens (tertiary/aromatic N) is 2. The fourth-order valence-corrected chi connectivity index (χ4v) is 11.5. The van der Waals surface area contributed by atoms with E-state index in [1.807, 2.05) is 0 Å². The summed E-state index contributed by atoms with van der Waals surface area (Å²) in [5.41, 5.74) is 24.1. The molecule has 2 nitrogen and oxygen atoms in total. The van der Waals surface area contributed by atoms with Crippen LogP contribution in [0.1, 0.15) is 233 Å². The maximum Gasteiger partial charge on any atom is 0.0540 e. The van der Waals surface area contributed by atoms with E-state index in [0.29, 0.717) is 0 Å². The van der Waals surface area contributed by atoms with Crippen LogP contribution in [0.15, 0.2) is 182 Å². The Labute approximate surface area is 520 Å². The molecular weight excluding hydrogens is 1040 g/mol. The second-order valence-electron chi connectivity index (χ2n) is 33.1. The molecule has 2 heteroatoms. The van der Waals surface area contributed by atoms with E-state index < -0.39 is 0 Å². The molecule has 0 amide bonds. The summed E-state index contributed by atoms with van der Waals surface area (Å²) >= 11 is 0. The second-order valence-corrected chi connectivity index (χ2v) is 33.1. The number of hydrogen-bond acceptors (Lipinski definition) is 2. The van der Waals surface area contributed by atoms with Crippen molar-refractivity contribution in [2.24, 2.45) is 0 Å². The first-order valence-electron chi connectivity index (χ1n) is 31.7. The fourth-order valence-electron chi connectivity index (χ4n) is 11.5. The number of anilines is 2. The number of para-hydroxylation sites is 2. The summed E-state index contributed by atoms with van der Waals surface area (Å²) in [6.45, 7) is 56.3. The lowest BCUT2D eigenvalue weighted by molar-refractivity contribution is 0.567. The Kier molecular flexibility index (Phi) is 16.6. The molecule has 7 aromatic carbocycles. The number of benzene rings is 7. The average Bonchev–Trinajstić information content (AvgIpc) is 0.801. The Morgan fingerprint density at radius 3 is 0.547 bits per heavy atom. The van der Waals surface area contributed by atoms with Crippen molar-refractivity contribution in [2.75, 3.05) is 9.80 Å². The lowest BCUT2D eigenvalue weighted by Crippen LogP contribution is -2.27. The fraction of sp³-hybridized carbons (Fsp3) is 0.381. The van der Waals surface area contributed by atoms with Crippen molar-refractivity contribution in [1.29, 1.82) is 0 Å². The van der Waals surface area contributed by atoms with Gasteiger partial charge in [0.2, 0.25) is 0 Å². The molecule has 0 N–H and O–H groups in total. The van der Waals surface area contributed by atoms with Crippen LogP contribution < -0.4 is 20.2 Å². The molecule has 0 spiro atoms. The van der Waals surface area contributed by atoms with E-state index in [4.69, 9.17) is 0 Å². The summed E-state index contributed by atoms with van der Waals surface area (Å²) in [4.78, 5) is 5.07. The third kappa shape index (κ3) is 13.8. The molecule has 0 saturated carbocycles. The van der Waals surface area contributed by atoms with E-state index in [0.717, 1.165) is 34.2 Å². The third-order valence-corrected chi connectivity index (χ3v) is 17.6. The highest BCUT2D eigenvalue weighted by Crippen LogP contribution is 2.46. The zero-order valence-corrected chi connectivity index (χ0v) is 57.2. The molecular formula is C84H102N2.